The molecule has 0 bridgehead atoms. The van der Waals surface area contributed by atoms with Gasteiger partial charge in [-0.15, -0.1) is 0 Å². The summed E-state index contributed by atoms with van der Waals surface area (Å²) in [5.41, 5.74) is 1.33. The Bertz CT molecular complexity index is 1280. The molecule has 2 atom stereocenters. The summed E-state index contributed by atoms with van der Waals surface area (Å²) in [6.07, 6.45) is 0.423. The molecule has 0 saturated carbocycles. The zero-order valence-corrected chi connectivity index (χ0v) is 21.5. The molecule has 0 aliphatic rings. The van der Waals surface area contributed by atoms with Crippen molar-refractivity contribution in [2.45, 2.75) is 35.5 Å². The van der Waals surface area contributed by atoms with E-state index in [9.17, 15) is 19.6 Å². The minimum absolute atomic E-state index is 0.0933. The summed E-state index contributed by atoms with van der Waals surface area (Å²) >= 11 is 2.59. The predicted octanol–water partition coefficient (Wildman–Crippen LogP) is 3.77. The molecule has 10 heteroatoms. The first-order valence-electron chi connectivity index (χ1n) is 11.2. The van der Waals surface area contributed by atoms with E-state index in [1.54, 1.807) is 24.3 Å². The van der Waals surface area contributed by atoms with Crippen molar-refractivity contribution in [3.05, 3.63) is 82.1 Å². The summed E-state index contributed by atoms with van der Waals surface area (Å²) in [6.45, 7) is 1.83. The molecule has 0 aliphatic heterocycles. The van der Waals surface area contributed by atoms with Crippen molar-refractivity contribution < 1.29 is 14.3 Å². The third-order valence-electron chi connectivity index (χ3n) is 5.17. The Balaban J connectivity index is 1.73. The highest BCUT2D eigenvalue weighted by atomic mass is 32.2. The number of hydrogen-bond donors (Lipinski definition) is 2. The third-order valence-corrected chi connectivity index (χ3v) is 7.53. The molecule has 2 N–H and O–H groups in total. The number of rotatable bonds is 11. The number of amides is 1. The van der Waals surface area contributed by atoms with Gasteiger partial charge in [0.05, 0.1) is 18.1 Å². The number of nitrogens with one attached hydrogen (secondary N) is 2. The lowest BCUT2D eigenvalue weighted by atomic mass is 10.1. The Morgan fingerprint density at radius 1 is 1.14 bits per heavy atom. The molecule has 0 unspecified atom stereocenters. The molecule has 1 amide bonds. The largest absolute Gasteiger partial charge is 0.467 e. The fourth-order valence-electron chi connectivity index (χ4n) is 3.32. The number of benzene rings is 2. The highest BCUT2D eigenvalue weighted by Crippen LogP contribution is 2.26. The Hall–Kier alpha value is -3.55. The van der Waals surface area contributed by atoms with E-state index in [1.165, 1.54) is 18.9 Å². The van der Waals surface area contributed by atoms with E-state index in [2.05, 4.69) is 15.3 Å². The molecule has 0 spiro atoms. The first-order chi connectivity index (χ1) is 17.5. The predicted molar refractivity (Wildman–Crippen MR) is 141 cm³/mol. The van der Waals surface area contributed by atoms with Gasteiger partial charge in [0, 0.05) is 17.1 Å². The molecule has 1 aromatic heterocycles. The number of H-pyrrole nitrogens is 1. The second-order valence-corrected chi connectivity index (χ2v) is 9.89. The highest BCUT2D eigenvalue weighted by molar-refractivity contribution is 8.00. The number of aromatic nitrogens is 2. The minimum atomic E-state index is -0.821. The van der Waals surface area contributed by atoms with E-state index >= 15 is 0 Å². The molecule has 3 aromatic rings. The van der Waals surface area contributed by atoms with Gasteiger partial charge in [0.25, 0.3) is 5.56 Å². The molecule has 8 nitrogen and oxygen atoms in total. The average Bonchev–Trinajstić information content (AvgIpc) is 2.91. The van der Waals surface area contributed by atoms with Crippen molar-refractivity contribution in [3.8, 4) is 17.3 Å². The smallest absolute Gasteiger partial charge is 0.329 e. The number of ether oxygens (including phenoxy) is 1. The van der Waals surface area contributed by atoms with Gasteiger partial charge in [0.1, 0.15) is 17.7 Å². The minimum Gasteiger partial charge on any atom is -0.467 e. The fourth-order valence-corrected chi connectivity index (χ4v) is 5.23. The van der Waals surface area contributed by atoms with E-state index in [0.717, 1.165) is 17.3 Å². The van der Waals surface area contributed by atoms with Crippen LogP contribution in [0.4, 0.5) is 0 Å². The summed E-state index contributed by atoms with van der Waals surface area (Å²) in [4.78, 5) is 45.0. The number of carbonyl (C=O) groups excluding carboxylic acids is 2. The summed E-state index contributed by atoms with van der Waals surface area (Å²) in [6, 6.07) is 19.8. The van der Waals surface area contributed by atoms with Gasteiger partial charge in [-0.25, -0.2) is 9.78 Å². The maximum Gasteiger partial charge on any atom is 0.329 e. The Labute approximate surface area is 217 Å². The van der Waals surface area contributed by atoms with Gasteiger partial charge in [0.2, 0.25) is 5.91 Å². The second-order valence-electron chi connectivity index (χ2n) is 7.67. The van der Waals surface area contributed by atoms with Crippen LogP contribution in [0, 0.1) is 11.3 Å². The lowest BCUT2D eigenvalue weighted by molar-refractivity contribution is -0.144. The van der Waals surface area contributed by atoms with Crippen LogP contribution in [-0.4, -0.2) is 46.0 Å². The standard InChI is InChI=1S/C26H26N4O4S2/c1-3-21(24(32)28-20(25(33)34-2)16-35-15-17-10-6-4-7-11-17)36-26-29-22(18-12-8-5-9-13-18)19(14-27)23(31)30-26/h4-13,20-21H,3,15-16H2,1-2H3,(H,28,32)(H,29,30,31)/t20-,21-/m1/s1. The number of aromatic amines is 1. The molecule has 36 heavy (non-hydrogen) atoms. The van der Waals surface area contributed by atoms with Crippen molar-refractivity contribution in [1.29, 1.82) is 5.26 Å². The summed E-state index contributed by atoms with van der Waals surface area (Å²) < 4.78 is 4.89. The molecule has 0 aliphatic carbocycles. The maximum atomic E-state index is 13.1. The Morgan fingerprint density at radius 2 is 1.81 bits per heavy atom. The van der Waals surface area contributed by atoms with E-state index in [1.807, 2.05) is 49.4 Å². The number of hydrogen-bond acceptors (Lipinski definition) is 8. The lowest BCUT2D eigenvalue weighted by Crippen LogP contribution is -2.46. The Morgan fingerprint density at radius 3 is 2.42 bits per heavy atom. The molecule has 0 saturated heterocycles. The van der Waals surface area contributed by atoms with Gasteiger partial charge in [-0.3, -0.25) is 9.59 Å². The van der Waals surface area contributed by atoms with Crippen LogP contribution in [0.1, 0.15) is 24.5 Å². The molecular formula is C26H26N4O4S2. The highest BCUT2D eigenvalue weighted by Gasteiger charge is 2.27. The molecular weight excluding hydrogens is 496 g/mol. The van der Waals surface area contributed by atoms with Crippen LogP contribution in [0.25, 0.3) is 11.3 Å². The molecule has 0 radical (unpaired) electrons. The van der Waals surface area contributed by atoms with E-state index in [0.29, 0.717) is 23.5 Å². The van der Waals surface area contributed by atoms with Crippen LogP contribution in [0.3, 0.4) is 0 Å². The summed E-state index contributed by atoms with van der Waals surface area (Å²) in [5.74, 6) is 0.138. The SMILES string of the molecule is CC[C@@H](Sc1nc(-c2ccccc2)c(C#N)c(=O)[nH]1)C(=O)N[C@H](CSCc1ccccc1)C(=O)OC. The second kappa shape index (κ2) is 13.5. The normalized spacial score (nSPS) is 12.2. The molecule has 1 heterocycles. The van der Waals surface area contributed by atoms with Gasteiger partial charge in [-0.05, 0) is 12.0 Å². The van der Waals surface area contributed by atoms with Crippen molar-refractivity contribution in [1.82, 2.24) is 15.3 Å². The van der Waals surface area contributed by atoms with Crippen LogP contribution in [0.5, 0.6) is 0 Å². The van der Waals surface area contributed by atoms with Crippen LogP contribution >= 0.6 is 23.5 Å². The number of esters is 1. The maximum absolute atomic E-state index is 13.1. The van der Waals surface area contributed by atoms with Crippen LogP contribution in [0.15, 0.2) is 70.6 Å². The summed E-state index contributed by atoms with van der Waals surface area (Å²) in [5, 5.41) is 11.8. The van der Waals surface area contributed by atoms with Crippen LogP contribution < -0.4 is 10.9 Å². The van der Waals surface area contributed by atoms with Crippen molar-refractivity contribution in [3.63, 3.8) is 0 Å². The third kappa shape index (κ3) is 7.23. The van der Waals surface area contributed by atoms with Gasteiger partial charge in [0.15, 0.2) is 5.16 Å². The zero-order chi connectivity index (χ0) is 25.9. The molecule has 186 valence electrons. The quantitative estimate of drug-likeness (QED) is 0.222. The molecule has 0 fully saturated rings. The van der Waals surface area contributed by atoms with Gasteiger partial charge in [-0.2, -0.15) is 17.0 Å². The lowest BCUT2D eigenvalue weighted by Gasteiger charge is -2.20. The molecule has 3 rings (SSSR count). The van der Waals surface area contributed by atoms with Gasteiger partial charge >= 0.3 is 5.97 Å². The van der Waals surface area contributed by atoms with Crippen LogP contribution in [0.2, 0.25) is 0 Å². The van der Waals surface area contributed by atoms with Crippen molar-refractivity contribution in [2.75, 3.05) is 12.9 Å². The average molecular weight is 523 g/mol. The first-order valence-corrected chi connectivity index (χ1v) is 13.3. The monoisotopic (exact) mass is 522 g/mol. The number of carbonyl (C=O) groups is 2. The number of methoxy groups -OCH3 is 1. The van der Waals surface area contributed by atoms with E-state index < -0.39 is 22.8 Å². The van der Waals surface area contributed by atoms with Crippen molar-refractivity contribution >= 4 is 35.4 Å². The van der Waals surface area contributed by atoms with Crippen LogP contribution in [-0.2, 0) is 20.1 Å². The zero-order valence-electron chi connectivity index (χ0n) is 19.9. The first kappa shape index (κ1) is 27.0. The molecule has 2 aromatic carbocycles. The fraction of sp³-hybridized carbons (Fsp3) is 0.269. The van der Waals surface area contributed by atoms with E-state index in [4.69, 9.17) is 4.74 Å². The van der Waals surface area contributed by atoms with Crippen molar-refractivity contribution in [2.24, 2.45) is 0 Å². The number of nitrogens with zero attached hydrogens (tertiary/aromatic N) is 2. The number of thioether (sulfide) groups is 2. The summed E-state index contributed by atoms with van der Waals surface area (Å²) in [7, 11) is 1.28. The Kier molecular flexibility index (Phi) is 10.2. The van der Waals surface area contributed by atoms with Gasteiger partial charge < -0.3 is 15.0 Å². The number of nitriles is 1. The van der Waals surface area contributed by atoms with Gasteiger partial charge in [-0.1, -0.05) is 79.3 Å². The van der Waals surface area contributed by atoms with E-state index in [-0.39, 0.29) is 22.3 Å². The topological polar surface area (TPSA) is 125 Å².